The molecule has 0 radical (unpaired) electrons. The van der Waals surface area contributed by atoms with Crippen LogP contribution in [-0.4, -0.2) is 40.0 Å². The molecule has 0 aliphatic carbocycles. The van der Waals surface area contributed by atoms with Gasteiger partial charge in [0, 0.05) is 36.8 Å². The summed E-state index contributed by atoms with van der Waals surface area (Å²) in [5.41, 5.74) is 10.1. The Morgan fingerprint density at radius 3 is 2.60 bits per heavy atom. The topological polar surface area (TPSA) is 109 Å². The van der Waals surface area contributed by atoms with Crippen LogP contribution in [0.5, 0.6) is 0 Å². The molecule has 35 heavy (non-hydrogen) atoms. The quantitative estimate of drug-likeness (QED) is 0.403. The molecule has 0 atom stereocenters. The predicted octanol–water partition coefficient (Wildman–Crippen LogP) is 3.93. The van der Waals surface area contributed by atoms with E-state index in [4.69, 9.17) is 10.8 Å². The molecule has 10 heteroatoms. The van der Waals surface area contributed by atoms with Crippen LogP contribution in [0.1, 0.15) is 48.3 Å². The number of nitrogens with two attached hydrogens (primary N) is 1. The van der Waals surface area contributed by atoms with Crippen molar-refractivity contribution in [1.82, 2.24) is 34.1 Å². The summed E-state index contributed by atoms with van der Waals surface area (Å²) in [6.07, 6.45) is 9.41. The Hall–Kier alpha value is -4.34. The van der Waals surface area contributed by atoms with Gasteiger partial charge in [-0.05, 0) is 30.5 Å². The lowest BCUT2D eigenvalue weighted by Gasteiger charge is -2.12. The van der Waals surface area contributed by atoms with Crippen molar-refractivity contribution in [2.45, 2.75) is 33.1 Å². The van der Waals surface area contributed by atoms with E-state index >= 15 is 4.39 Å². The van der Waals surface area contributed by atoms with Crippen molar-refractivity contribution in [3.8, 4) is 22.6 Å². The highest BCUT2D eigenvalue weighted by Crippen LogP contribution is 2.33. The molecule has 0 aliphatic rings. The maximum Gasteiger partial charge on any atom is 0.251 e. The van der Waals surface area contributed by atoms with Crippen LogP contribution in [0.25, 0.3) is 33.7 Å². The number of imidazole rings is 1. The Bertz CT molecular complexity index is 1580. The van der Waals surface area contributed by atoms with E-state index in [1.54, 1.807) is 34.2 Å². The highest BCUT2D eigenvalue weighted by Gasteiger charge is 2.23. The lowest BCUT2D eigenvalue weighted by atomic mass is 10.0. The molecular weight excluding hydrogens is 447 g/mol. The predicted molar refractivity (Wildman–Crippen MR) is 130 cm³/mol. The van der Waals surface area contributed by atoms with Gasteiger partial charge in [0.2, 0.25) is 0 Å². The van der Waals surface area contributed by atoms with Crippen LogP contribution in [0, 0.1) is 5.82 Å². The second-order valence-electron chi connectivity index (χ2n) is 8.69. The molecule has 178 valence electrons. The first-order valence-electron chi connectivity index (χ1n) is 11.3. The average Bonchev–Trinajstić information content (AvgIpc) is 3.56. The third-order valence-electron chi connectivity index (χ3n) is 6.05. The van der Waals surface area contributed by atoms with E-state index in [0.717, 1.165) is 28.0 Å². The Labute approximate surface area is 201 Å². The minimum Gasteiger partial charge on any atom is -0.366 e. The van der Waals surface area contributed by atoms with Gasteiger partial charge in [-0.1, -0.05) is 20.8 Å². The number of aromatic nitrogens is 7. The van der Waals surface area contributed by atoms with E-state index in [1.807, 2.05) is 37.0 Å². The van der Waals surface area contributed by atoms with Crippen LogP contribution in [0.2, 0.25) is 0 Å². The van der Waals surface area contributed by atoms with Gasteiger partial charge in [0.05, 0.1) is 46.2 Å². The van der Waals surface area contributed by atoms with Gasteiger partial charge in [0.15, 0.2) is 5.65 Å². The fourth-order valence-electron chi connectivity index (χ4n) is 4.33. The normalized spacial score (nSPS) is 11.6. The first-order valence-corrected chi connectivity index (χ1v) is 11.3. The number of hydrogen-bond acceptors (Lipinski definition) is 5. The van der Waals surface area contributed by atoms with E-state index < -0.39 is 11.7 Å². The molecule has 0 saturated heterocycles. The molecule has 5 rings (SSSR count). The van der Waals surface area contributed by atoms with Gasteiger partial charge in [-0.25, -0.2) is 19.0 Å². The van der Waals surface area contributed by atoms with Crippen LogP contribution in [0.15, 0.2) is 49.3 Å². The smallest absolute Gasteiger partial charge is 0.251 e. The standard InChI is InChI=1S/C25H25FN8O/c1-5-16-19(7-6-17(22(16)26)24(27)35)34-25-21(23(31-34)14(2)3)20(8-9-28-25)33-12-18(29-13-33)15-10-30-32(4)11-15/h6-14H,5H2,1-4H3,(H2,27,35). The van der Waals surface area contributed by atoms with Crippen LogP contribution in [0.3, 0.4) is 0 Å². The number of amides is 1. The number of aryl methyl sites for hydroxylation is 1. The molecule has 0 bridgehead atoms. The second kappa shape index (κ2) is 8.46. The van der Waals surface area contributed by atoms with Crippen molar-refractivity contribution in [3.63, 3.8) is 0 Å². The summed E-state index contributed by atoms with van der Waals surface area (Å²) in [4.78, 5) is 20.9. The summed E-state index contributed by atoms with van der Waals surface area (Å²) in [5, 5.41) is 9.93. The number of benzene rings is 1. The van der Waals surface area contributed by atoms with Gasteiger partial charge in [-0.15, -0.1) is 0 Å². The molecule has 0 saturated carbocycles. The maximum atomic E-state index is 15.2. The van der Waals surface area contributed by atoms with Crippen molar-refractivity contribution >= 4 is 16.9 Å². The number of fused-ring (bicyclic) bond motifs is 1. The minimum absolute atomic E-state index is 0.0721. The first-order chi connectivity index (χ1) is 16.8. The summed E-state index contributed by atoms with van der Waals surface area (Å²) in [6.45, 7) is 5.93. The SMILES string of the molecule is CCc1c(-n2nc(C(C)C)c3c(-n4cnc(-c5cnn(C)c5)c4)ccnc32)ccc(C(N)=O)c1F. The van der Waals surface area contributed by atoms with E-state index in [2.05, 4.69) is 28.9 Å². The third-order valence-corrected chi connectivity index (χ3v) is 6.05. The first kappa shape index (κ1) is 22.5. The van der Waals surface area contributed by atoms with Crippen LogP contribution in [-0.2, 0) is 13.5 Å². The largest absolute Gasteiger partial charge is 0.366 e. The Kier molecular flexibility index (Phi) is 5.43. The van der Waals surface area contributed by atoms with E-state index in [1.165, 1.54) is 6.07 Å². The van der Waals surface area contributed by atoms with Crippen molar-refractivity contribution in [3.05, 3.63) is 72.0 Å². The lowest BCUT2D eigenvalue weighted by molar-refractivity contribution is 0.0996. The monoisotopic (exact) mass is 472 g/mol. The number of halogens is 1. The van der Waals surface area contributed by atoms with E-state index in [0.29, 0.717) is 23.3 Å². The second-order valence-corrected chi connectivity index (χ2v) is 8.69. The van der Waals surface area contributed by atoms with Crippen LogP contribution >= 0.6 is 0 Å². The molecule has 1 amide bonds. The van der Waals surface area contributed by atoms with Crippen molar-refractivity contribution in [2.24, 2.45) is 12.8 Å². The number of carbonyl (C=O) groups excluding carboxylic acids is 1. The van der Waals surface area contributed by atoms with Crippen molar-refractivity contribution < 1.29 is 9.18 Å². The summed E-state index contributed by atoms with van der Waals surface area (Å²) in [6, 6.07) is 4.98. The number of pyridine rings is 1. The molecule has 5 aromatic rings. The number of nitrogens with zero attached hydrogens (tertiary/aromatic N) is 7. The zero-order valence-electron chi connectivity index (χ0n) is 19.9. The molecule has 1 aromatic carbocycles. The molecule has 0 fully saturated rings. The van der Waals surface area contributed by atoms with Crippen molar-refractivity contribution in [2.75, 3.05) is 0 Å². The third kappa shape index (κ3) is 3.67. The summed E-state index contributed by atoms with van der Waals surface area (Å²) >= 11 is 0. The summed E-state index contributed by atoms with van der Waals surface area (Å²) < 4.78 is 20.5. The molecule has 4 aromatic heterocycles. The van der Waals surface area contributed by atoms with Gasteiger partial charge in [0.25, 0.3) is 5.91 Å². The highest BCUT2D eigenvalue weighted by molar-refractivity contribution is 5.94. The molecule has 9 nitrogen and oxygen atoms in total. The van der Waals surface area contributed by atoms with Crippen LogP contribution < -0.4 is 5.73 Å². The maximum absolute atomic E-state index is 15.2. The average molecular weight is 473 g/mol. The fraction of sp³-hybridized carbons (Fsp3) is 0.240. The zero-order valence-corrected chi connectivity index (χ0v) is 19.9. The van der Waals surface area contributed by atoms with Crippen molar-refractivity contribution in [1.29, 1.82) is 0 Å². The van der Waals surface area contributed by atoms with E-state index in [9.17, 15) is 4.79 Å². The molecule has 0 aliphatic heterocycles. The number of rotatable bonds is 6. The summed E-state index contributed by atoms with van der Waals surface area (Å²) in [5.74, 6) is -1.36. The van der Waals surface area contributed by atoms with Gasteiger partial charge in [-0.2, -0.15) is 10.2 Å². The van der Waals surface area contributed by atoms with Gasteiger partial charge >= 0.3 is 0 Å². The Morgan fingerprint density at radius 2 is 1.94 bits per heavy atom. The molecular formula is C25H25FN8O. The summed E-state index contributed by atoms with van der Waals surface area (Å²) in [7, 11) is 1.86. The molecule has 2 N–H and O–H groups in total. The Balaban J connectivity index is 1.73. The number of primary amides is 1. The fourth-order valence-corrected chi connectivity index (χ4v) is 4.33. The number of carbonyl (C=O) groups is 1. The zero-order chi connectivity index (χ0) is 24.9. The van der Waals surface area contributed by atoms with Gasteiger partial charge < -0.3 is 10.3 Å². The molecule has 0 spiro atoms. The number of hydrogen-bond donors (Lipinski definition) is 1. The minimum atomic E-state index is -0.804. The molecule has 0 unspecified atom stereocenters. The Morgan fingerprint density at radius 1 is 1.14 bits per heavy atom. The van der Waals surface area contributed by atoms with Gasteiger partial charge in [-0.3, -0.25) is 9.48 Å². The van der Waals surface area contributed by atoms with E-state index in [-0.39, 0.29) is 11.5 Å². The highest BCUT2D eigenvalue weighted by atomic mass is 19.1. The van der Waals surface area contributed by atoms with Crippen LogP contribution in [0.4, 0.5) is 4.39 Å². The lowest BCUT2D eigenvalue weighted by Crippen LogP contribution is -2.16. The molecule has 4 heterocycles. The van der Waals surface area contributed by atoms with Gasteiger partial charge in [0.1, 0.15) is 5.82 Å².